The van der Waals surface area contributed by atoms with Crippen LogP contribution >= 0.6 is 22.9 Å². The third-order valence-corrected chi connectivity index (χ3v) is 8.14. The lowest BCUT2D eigenvalue weighted by Crippen LogP contribution is -2.59. The molecule has 30 heavy (non-hydrogen) atoms. The number of hydrogen-bond donors (Lipinski definition) is 1. The van der Waals surface area contributed by atoms with Crippen LogP contribution in [0.4, 0.5) is 18.9 Å². The molecule has 2 heterocycles. The third-order valence-electron chi connectivity index (χ3n) is 4.57. The maximum atomic E-state index is 13.3. The number of nitriles is 1. The lowest BCUT2D eigenvalue weighted by Gasteiger charge is -2.40. The van der Waals surface area contributed by atoms with Gasteiger partial charge in [0.1, 0.15) is 10.3 Å². The zero-order chi connectivity index (χ0) is 22.3. The maximum absolute atomic E-state index is 13.3. The fourth-order valence-electron chi connectivity index (χ4n) is 3.14. The third kappa shape index (κ3) is 4.24. The molecule has 1 aromatic heterocycles. The summed E-state index contributed by atoms with van der Waals surface area (Å²) in [5.41, 5.74) is 3.74. The van der Waals surface area contributed by atoms with Crippen molar-refractivity contribution in [3.8, 4) is 6.07 Å². The highest BCUT2D eigenvalue weighted by Crippen LogP contribution is 2.36. The molecule has 1 aliphatic rings. The van der Waals surface area contributed by atoms with Crippen molar-refractivity contribution < 1.29 is 26.4 Å². The number of thiophene rings is 1. The number of carbonyl (C=O) groups excluding carboxylic acids is 1. The molecule has 0 saturated carbocycles. The van der Waals surface area contributed by atoms with Crippen molar-refractivity contribution in [3.05, 3.63) is 45.8 Å². The number of anilines is 1. The smallest absolute Gasteiger partial charge is 0.368 e. The molecule has 7 nitrogen and oxygen atoms in total. The number of halogens is 4. The average Bonchev–Trinajstić information content (AvgIpc) is 3.13. The van der Waals surface area contributed by atoms with E-state index in [1.807, 2.05) is 0 Å². The summed E-state index contributed by atoms with van der Waals surface area (Å²) in [4.78, 5) is 13.3. The number of primary amides is 1. The summed E-state index contributed by atoms with van der Waals surface area (Å²) in [6.45, 7) is -0.493. The molecule has 0 aliphatic carbocycles. The predicted molar refractivity (Wildman–Crippen MR) is 105 cm³/mol. The number of nitrogens with zero attached hydrogens (tertiary/aromatic N) is 3. The summed E-state index contributed by atoms with van der Waals surface area (Å²) in [5, 5.41) is 8.94. The summed E-state index contributed by atoms with van der Waals surface area (Å²) in [7, 11) is -3.95. The largest absolute Gasteiger partial charge is 0.417 e. The van der Waals surface area contributed by atoms with Gasteiger partial charge in [0.2, 0.25) is 5.91 Å². The van der Waals surface area contributed by atoms with Gasteiger partial charge in [-0.25, -0.2) is 8.42 Å². The number of benzene rings is 1. The summed E-state index contributed by atoms with van der Waals surface area (Å²) >= 11 is 6.66. The molecule has 1 fully saturated rings. The lowest BCUT2D eigenvalue weighted by atomic mass is 10.0. The highest BCUT2D eigenvalue weighted by Gasteiger charge is 2.39. The van der Waals surface area contributed by atoms with Crippen LogP contribution in [0.15, 0.2) is 34.5 Å². The Kier molecular flexibility index (Phi) is 6.01. The molecule has 0 bridgehead atoms. The van der Waals surface area contributed by atoms with Crippen LogP contribution in [0.5, 0.6) is 0 Å². The minimum Gasteiger partial charge on any atom is -0.368 e. The van der Waals surface area contributed by atoms with Crippen LogP contribution < -0.4 is 10.6 Å². The van der Waals surface area contributed by atoms with Crippen molar-refractivity contribution >= 4 is 44.6 Å². The highest BCUT2D eigenvalue weighted by atomic mass is 35.5. The SMILES string of the molecule is N#Cc1ccc(N2CCN(S(=O)(=O)c3ccc(Cl)s3)CC2C(N)=O)cc1C(F)(F)F. The van der Waals surface area contributed by atoms with E-state index in [4.69, 9.17) is 22.6 Å². The molecule has 0 radical (unpaired) electrons. The standard InChI is InChI=1S/C17H14ClF3N4O3S2/c18-14-3-4-15(29-14)30(27,28)24-5-6-25(13(9-24)16(23)26)11-2-1-10(8-22)12(7-11)17(19,20)21/h1-4,7,13H,5-6,9H2,(H2,23,26). The first-order valence-electron chi connectivity index (χ1n) is 8.38. The summed E-state index contributed by atoms with van der Waals surface area (Å²) in [5.74, 6) is -0.892. The molecule has 1 aliphatic heterocycles. The van der Waals surface area contributed by atoms with Gasteiger partial charge in [-0.15, -0.1) is 11.3 Å². The van der Waals surface area contributed by atoms with E-state index in [1.54, 1.807) is 0 Å². The van der Waals surface area contributed by atoms with Crippen molar-refractivity contribution in [2.75, 3.05) is 24.5 Å². The monoisotopic (exact) mass is 478 g/mol. The molecule has 1 saturated heterocycles. The van der Waals surface area contributed by atoms with Crippen LogP contribution in [0.1, 0.15) is 11.1 Å². The van der Waals surface area contributed by atoms with Crippen LogP contribution in [-0.4, -0.2) is 44.3 Å². The molecule has 0 spiro atoms. The Labute approximate surface area is 179 Å². The number of hydrogen-bond acceptors (Lipinski definition) is 6. The second-order valence-corrected chi connectivity index (χ2v) is 10.3. The van der Waals surface area contributed by atoms with Crippen LogP contribution in [0.2, 0.25) is 4.34 Å². The number of sulfonamides is 1. The Bertz CT molecular complexity index is 1130. The van der Waals surface area contributed by atoms with E-state index < -0.39 is 39.3 Å². The number of piperazine rings is 1. The second-order valence-electron chi connectivity index (χ2n) is 6.37. The lowest BCUT2D eigenvalue weighted by molar-refractivity contribution is -0.137. The molecule has 2 N–H and O–H groups in total. The Morgan fingerprint density at radius 3 is 2.50 bits per heavy atom. The highest BCUT2D eigenvalue weighted by molar-refractivity contribution is 7.91. The zero-order valence-corrected chi connectivity index (χ0v) is 17.4. The first-order valence-corrected chi connectivity index (χ1v) is 11.0. The molecule has 1 aromatic carbocycles. The van der Waals surface area contributed by atoms with E-state index in [1.165, 1.54) is 29.2 Å². The topological polar surface area (TPSA) is 108 Å². The molecule has 1 atom stereocenters. The van der Waals surface area contributed by atoms with E-state index in [9.17, 15) is 26.4 Å². The Hall–Kier alpha value is -2.33. The van der Waals surface area contributed by atoms with E-state index in [-0.39, 0.29) is 33.9 Å². The molecular weight excluding hydrogens is 465 g/mol. The number of amides is 1. The first-order chi connectivity index (χ1) is 13.9. The number of rotatable bonds is 4. The van der Waals surface area contributed by atoms with E-state index in [0.29, 0.717) is 0 Å². The Morgan fingerprint density at radius 1 is 1.27 bits per heavy atom. The number of nitrogens with two attached hydrogens (primary N) is 1. The van der Waals surface area contributed by atoms with Crippen molar-refractivity contribution in [2.45, 2.75) is 16.4 Å². The van der Waals surface area contributed by atoms with E-state index >= 15 is 0 Å². The first kappa shape index (κ1) is 22.4. The van der Waals surface area contributed by atoms with Gasteiger partial charge in [0.25, 0.3) is 10.0 Å². The van der Waals surface area contributed by atoms with Gasteiger partial charge in [-0.3, -0.25) is 4.79 Å². The Morgan fingerprint density at radius 2 is 1.97 bits per heavy atom. The minimum absolute atomic E-state index is 0.0121. The summed E-state index contributed by atoms with van der Waals surface area (Å²) < 4.78 is 66.8. The van der Waals surface area contributed by atoms with Gasteiger partial charge in [0.15, 0.2) is 0 Å². The zero-order valence-electron chi connectivity index (χ0n) is 15.1. The van der Waals surface area contributed by atoms with Crippen molar-refractivity contribution in [3.63, 3.8) is 0 Å². The van der Waals surface area contributed by atoms with Gasteiger partial charge >= 0.3 is 6.18 Å². The fraction of sp³-hybridized carbons (Fsp3) is 0.294. The normalized spacial score (nSPS) is 18.2. The van der Waals surface area contributed by atoms with Crippen molar-refractivity contribution in [1.29, 1.82) is 5.26 Å². The van der Waals surface area contributed by atoms with Gasteiger partial charge in [-0.05, 0) is 30.3 Å². The van der Waals surface area contributed by atoms with Crippen LogP contribution in [0.3, 0.4) is 0 Å². The number of carbonyl (C=O) groups is 1. The molecule has 160 valence electrons. The van der Waals surface area contributed by atoms with Crippen LogP contribution in [-0.2, 0) is 21.0 Å². The molecule has 13 heteroatoms. The quantitative estimate of drug-likeness (QED) is 0.727. The van der Waals surface area contributed by atoms with Crippen molar-refractivity contribution in [2.24, 2.45) is 5.73 Å². The average molecular weight is 479 g/mol. The molecule has 2 aromatic rings. The summed E-state index contributed by atoms with van der Waals surface area (Å²) in [6, 6.07) is 6.09. The molecule has 1 amide bonds. The van der Waals surface area contributed by atoms with Gasteiger partial charge in [0, 0.05) is 25.3 Å². The van der Waals surface area contributed by atoms with E-state index in [2.05, 4.69) is 0 Å². The Balaban J connectivity index is 1.94. The maximum Gasteiger partial charge on any atom is 0.417 e. The minimum atomic E-state index is -4.77. The van der Waals surface area contributed by atoms with Gasteiger partial charge in [-0.1, -0.05) is 11.6 Å². The molecule has 3 rings (SSSR count). The molecular formula is C17H14ClF3N4O3S2. The second kappa shape index (κ2) is 8.07. The van der Waals surface area contributed by atoms with Crippen LogP contribution in [0.25, 0.3) is 0 Å². The van der Waals surface area contributed by atoms with E-state index in [0.717, 1.165) is 27.8 Å². The molecule has 1 unspecified atom stereocenters. The van der Waals surface area contributed by atoms with Crippen molar-refractivity contribution in [1.82, 2.24) is 4.31 Å². The van der Waals surface area contributed by atoms with Gasteiger partial charge < -0.3 is 10.6 Å². The van der Waals surface area contributed by atoms with Crippen LogP contribution in [0, 0.1) is 11.3 Å². The van der Waals surface area contributed by atoms with Gasteiger partial charge in [-0.2, -0.15) is 22.7 Å². The fourth-order valence-corrected chi connectivity index (χ4v) is 6.21. The van der Waals surface area contributed by atoms with Gasteiger partial charge in [0.05, 0.1) is 21.5 Å². The predicted octanol–water partition coefficient (Wildman–Crippen LogP) is 2.66. The number of alkyl halides is 3. The summed E-state index contributed by atoms with van der Waals surface area (Å²) in [6.07, 6.45) is -4.77.